The number of pyridine rings is 1. The van der Waals surface area contributed by atoms with Gasteiger partial charge in [0.2, 0.25) is 11.8 Å². The number of nitrogens with one attached hydrogen (secondary N) is 1. The van der Waals surface area contributed by atoms with E-state index in [9.17, 15) is 13.2 Å². The van der Waals surface area contributed by atoms with E-state index < -0.39 is 44.8 Å². The van der Waals surface area contributed by atoms with E-state index in [0.717, 1.165) is 6.42 Å². The number of aromatic nitrogens is 3. The van der Waals surface area contributed by atoms with Crippen LogP contribution in [0.5, 0.6) is 5.88 Å². The van der Waals surface area contributed by atoms with Gasteiger partial charge in [-0.3, -0.25) is 4.90 Å². The van der Waals surface area contributed by atoms with Crippen LogP contribution >= 0.6 is 11.6 Å². The van der Waals surface area contributed by atoms with Crippen molar-refractivity contribution in [3.05, 3.63) is 23.0 Å². The molecule has 3 aliphatic heterocycles. The zero-order chi connectivity index (χ0) is 26.2. The summed E-state index contributed by atoms with van der Waals surface area (Å²) in [6.07, 6.45) is 0.497. The van der Waals surface area contributed by atoms with Gasteiger partial charge in [0, 0.05) is 12.0 Å². The Hall–Kier alpha value is -2.93. The minimum Gasteiger partial charge on any atom is -0.472 e. The molecule has 3 aliphatic rings. The van der Waals surface area contributed by atoms with Crippen LogP contribution in [-0.4, -0.2) is 70.7 Å². The SMILES string of the molecule is C=CS(=O)(=O)Nc1nc2c3c(nc(Cl)c(F)c3n1)O[C@@H](C)[C@@H]1[C@@H]3CC[C@H](CN21)N3C(=O)OC(C)(C)C. The highest BCUT2D eigenvalue weighted by Crippen LogP contribution is 2.45. The molecule has 0 spiro atoms. The number of amides is 1. The number of carbonyl (C=O) groups is 1. The van der Waals surface area contributed by atoms with Gasteiger partial charge in [-0.2, -0.15) is 9.97 Å². The van der Waals surface area contributed by atoms with Crippen LogP contribution in [0.25, 0.3) is 10.9 Å². The Balaban J connectivity index is 1.66. The number of nitrogens with zero attached hydrogens (tertiary/aromatic N) is 5. The van der Waals surface area contributed by atoms with E-state index in [2.05, 4.69) is 26.3 Å². The first kappa shape index (κ1) is 24.8. The first-order valence-corrected chi connectivity index (χ1v) is 13.4. The number of piperazine rings is 1. The Morgan fingerprint density at radius 2 is 2.03 bits per heavy atom. The third-order valence-corrected chi connectivity index (χ3v) is 7.66. The lowest BCUT2D eigenvalue weighted by atomic mass is 9.98. The quantitative estimate of drug-likeness (QED) is 0.582. The Bertz CT molecular complexity index is 1380. The number of carbonyl (C=O) groups excluding carboxylic acids is 1. The van der Waals surface area contributed by atoms with Crippen molar-refractivity contribution in [3.63, 3.8) is 0 Å². The maximum Gasteiger partial charge on any atom is 0.410 e. The molecule has 4 atom stereocenters. The molecule has 2 saturated heterocycles. The topological polar surface area (TPSA) is 127 Å². The van der Waals surface area contributed by atoms with Crippen LogP contribution in [0.4, 0.5) is 21.0 Å². The molecule has 0 radical (unpaired) electrons. The number of ether oxygens (including phenoxy) is 2. The van der Waals surface area contributed by atoms with Crippen LogP contribution in [0.1, 0.15) is 40.5 Å². The highest BCUT2D eigenvalue weighted by Gasteiger charge is 2.53. The largest absolute Gasteiger partial charge is 0.472 e. The molecule has 5 heterocycles. The van der Waals surface area contributed by atoms with Gasteiger partial charge in [0.1, 0.15) is 28.4 Å². The van der Waals surface area contributed by atoms with Gasteiger partial charge in [-0.1, -0.05) is 18.2 Å². The third kappa shape index (κ3) is 4.07. The first-order valence-electron chi connectivity index (χ1n) is 11.5. The monoisotopic (exact) mass is 540 g/mol. The number of hydrogen-bond acceptors (Lipinski definition) is 9. The number of fused-ring (bicyclic) bond motifs is 5. The van der Waals surface area contributed by atoms with E-state index >= 15 is 4.39 Å². The van der Waals surface area contributed by atoms with Gasteiger partial charge in [0.05, 0.1) is 18.1 Å². The number of hydrogen-bond donors (Lipinski definition) is 1. The molecule has 2 fully saturated rings. The van der Waals surface area contributed by atoms with Gasteiger partial charge in [-0.05, 0) is 40.5 Å². The molecule has 14 heteroatoms. The summed E-state index contributed by atoms with van der Waals surface area (Å²) in [6.45, 7) is 10.9. The van der Waals surface area contributed by atoms with E-state index in [1.807, 2.05) is 32.6 Å². The van der Waals surface area contributed by atoms with Crippen molar-refractivity contribution in [3.8, 4) is 5.88 Å². The van der Waals surface area contributed by atoms with Gasteiger partial charge in [0.15, 0.2) is 11.0 Å². The number of rotatable bonds is 3. The molecule has 2 bridgehead atoms. The van der Waals surface area contributed by atoms with Crippen molar-refractivity contribution in [2.24, 2.45) is 0 Å². The van der Waals surface area contributed by atoms with Crippen LogP contribution in [0, 0.1) is 5.82 Å². The van der Waals surface area contributed by atoms with Gasteiger partial charge >= 0.3 is 6.09 Å². The van der Waals surface area contributed by atoms with E-state index in [-0.39, 0.29) is 40.6 Å². The molecular weight excluding hydrogens is 515 g/mol. The Kier molecular flexibility index (Phi) is 5.71. The number of halogens is 2. The van der Waals surface area contributed by atoms with Crippen molar-refractivity contribution in [2.45, 2.75) is 70.4 Å². The molecule has 1 N–H and O–H groups in total. The maximum absolute atomic E-state index is 15.1. The van der Waals surface area contributed by atoms with Gasteiger partial charge < -0.3 is 14.4 Å². The average molecular weight is 541 g/mol. The minimum atomic E-state index is -3.98. The van der Waals surface area contributed by atoms with Crippen LogP contribution in [0.15, 0.2) is 12.0 Å². The van der Waals surface area contributed by atoms with E-state index in [1.165, 1.54) is 0 Å². The van der Waals surface area contributed by atoms with Crippen LogP contribution in [-0.2, 0) is 14.8 Å². The predicted molar refractivity (Wildman–Crippen MR) is 131 cm³/mol. The summed E-state index contributed by atoms with van der Waals surface area (Å²) in [4.78, 5) is 29.4. The lowest BCUT2D eigenvalue weighted by Gasteiger charge is -2.48. The predicted octanol–water partition coefficient (Wildman–Crippen LogP) is 3.44. The molecule has 0 unspecified atom stereocenters. The van der Waals surface area contributed by atoms with Crippen LogP contribution in [0.2, 0.25) is 5.15 Å². The van der Waals surface area contributed by atoms with Crippen molar-refractivity contribution in [1.29, 1.82) is 0 Å². The molecular formula is C22H26ClFN6O5S. The summed E-state index contributed by atoms with van der Waals surface area (Å²) in [5.41, 5.74) is -0.893. The molecule has 0 saturated carbocycles. The van der Waals surface area contributed by atoms with E-state index in [4.69, 9.17) is 21.1 Å². The lowest BCUT2D eigenvalue weighted by molar-refractivity contribution is 0.000956. The molecule has 2 aromatic rings. The highest BCUT2D eigenvalue weighted by molar-refractivity contribution is 7.95. The summed E-state index contributed by atoms with van der Waals surface area (Å²) in [6, 6.07) is -0.894. The number of anilines is 2. The molecule has 0 aromatic carbocycles. The average Bonchev–Trinajstić information content (AvgIpc) is 3.02. The Morgan fingerprint density at radius 3 is 2.69 bits per heavy atom. The second-order valence-electron chi connectivity index (χ2n) is 10.1. The smallest absolute Gasteiger partial charge is 0.410 e. The third-order valence-electron chi connectivity index (χ3n) is 6.51. The zero-order valence-electron chi connectivity index (χ0n) is 20.2. The molecule has 2 aromatic heterocycles. The summed E-state index contributed by atoms with van der Waals surface area (Å²) in [5, 5.41) is 0.412. The maximum atomic E-state index is 15.1. The summed E-state index contributed by atoms with van der Waals surface area (Å²) < 4.78 is 53.5. The zero-order valence-corrected chi connectivity index (χ0v) is 21.7. The number of sulfonamides is 1. The van der Waals surface area contributed by atoms with Gasteiger partial charge in [-0.25, -0.2) is 27.3 Å². The Morgan fingerprint density at radius 1 is 1.31 bits per heavy atom. The standard InChI is InChI=1S/C22H26ClFN6O5S/c1-6-36(32,33)28-20-25-15-13-18(27-20)29-9-11-7-8-12(30(11)21(31)35-22(3,4)5)16(29)10(2)34-19(13)26-17(23)14(15)24/h6,10-12,16H,1,7-9H2,2-5H3,(H,25,27,28)/t10-,11+,12-,16+/m0/s1. The second-order valence-corrected chi connectivity index (χ2v) is 12.1. The first-order chi connectivity index (χ1) is 16.8. The fraction of sp³-hybridized carbons (Fsp3) is 0.545. The molecule has 5 rings (SSSR count). The van der Waals surface area contributed by atoms with E-state index in [1.54, 1.807) is 4.90 Å². The second kappa shape index (κ2) is 8.30. The molecule has 11 nitrogen and oxygen atoms in total. The summed E-state index contributed by atoms with van der Waals surface area (Å²) in [7, 11) is -3.98. The van der Waals surface area contributed by atoms with Crippen molar-refractivity contribution in [2.75, 3.05) is 16.2 Å². The normalized spacial score (nSPS) is 25.2. The van der Waals surface area contributed by atoms with Crippen LogP contribution < -0.4 is 14.4 Å². The minimum absolute atomic E-state index is 0.0334. The summed E-state index contributed by atoms with van der Waals surface area (Å²) >= 11 is 6.04. The molecule has 1 amide bonds. The highest BCUT2D eigenvalue weighted by atomic mass is 35.5. The Labute approximate surface area is 212 Å². The fourth-order valence-electron chi connectivity index (χ4n) is 5.23. The van der Waals surface area contributed by atoms with Crippen molar-refractivity contribution in [1.82, 2.24) is 19.9 Å². The van der Waals surface area contributed by atoms with Crippen molar-refractivity contribution < 1.29 is 27.1 Å². The van der Waals surface area contributed by atoms with Gasteiger partial charge in [0.25, 0.3) is 10.0 Å². The van der Waals surface area contributed by atoms with Crippen molar-refractivity contribution >= 4 is 50.4 Å². The van der Waals surface area contributed by atoms with E-state index in [0.29, 0.717) is 18.4 Å². The van der Waals surface area contributed by atoms with Gasteiger partial charge in [-0.15, -0.1) is 0 Å². The fourth-order valence-corrected chi connectivity index (χ4v) is 5.82. The lowest BCUT2D eigenvalue weighted by Crippen LogP contribution is -2.65. The molecule has 36 heavy (non-hydrogen) atoms. The summed E-state index contributed by atoms with van der Waals surface area (Å²) in [5.74, 6) is -0.996. The van der Waals surface area contributed by atoms with Crippen LogP contribution in [0.3, 0.4) is 0 Å². The molecule has 194 valence electrons. The molecule has 0 aliphatic carbocycles.